The predicted octanol–water partition coefficient (Wildman–Crippen LogP) is 3.36. The average molecular weight is 260 g/mol. The minimum Gasteiger partial charge on any atom is -0.512 e. The van der Waals surface area contributed by atoms with Gasteiger partial charge in [-0.25, -0.2) is 0 Å². The van der Waals surface area contributed by atoms with Crippen LogP contribution < -0.4 is 0 Å². The molecule has 0 aliphatic heterocycles. The molecule has 0 saturated heterocycles. The molecule has 0 spiro atoms. The lowest BCUT2D eigenvalue weighted by Crippen LogP contribution is -2.14. The number of phenolic OH excluding ortho intramolecular Hbond substituents is 1. The van der Waals surface area contributed by atoms with Gasteiger partial charge in [0.1, 0.15) is 5.75 Å². The Kier molecular flexibility index (Phi) is 4.63. The van der Waals surface area contributed by atoms with Crippen molar-refractivity contribution in [3.63, 3.8) is 0 Å². The molecule has 2 N–H and O–H groups in total. The number of aryl methyl sites for hydroxylation is 1. The summed E-state index contributed by atoms with van der Waals surface area (Å²) >= 11 is 0. The van der Waals surface area contributed by atoms with Crippen LogP contribution in [0.15, 0.2) is 48.3 Å². The zero-order chi connectivity index (χ0) is 13.7. The highest BCUT2D eigenvalue weighted by atomic mass is 16.5. The van der Waals surface area contributed by atoms with E-state index in [-0.39, 0.29) is 12.0 Å². The number of hydrogen-bond donors (Lipinski definition) is 2. The van der Waals surface area contributed by atoms with Gasteiger partial charge in [0.05, 0.1) is 11.9 Å². The van der Waals surface area contributed by atoms with Gasteiger partial charge in [-0.15, -0.1) is 0 Å². The smallest absolute Gasteiger partial charge is 0.115 e. The van der Waals surface area contributed by atoms with Crippen molar-refractivity contribution in [3.05, 3.63) is 53.8 Å². The van der Waals surface area contributed by atoms with Crippen LogP contribution in [0.4, 0.5) is 0 Å². The molecular formula is C16H20O3. The third-order valence-corrected chi connectivity index (χ3v) is 3.44. The summed E-state index contributed by atoms with van der Waals surface area (Å²) in [6.07, 6.45) is 8.50. The molecule has 3 heteroatoms. The van der Waals surface area contributed by atoms with Gasteiger partial charge in [0, 0.05) is 13.0 Å². The van der Waals surface area contributed by atoms with Gasteiger partial charge in [-0.1, -0.05) is 24.3 Å². The molecule has 1 aromatic rings. The van der Waals surface area contributed by atoms with Crippen LogP contribution in [0.25, 0.3) is 0 Å². The minimum absolute atomic E-state index is 0.100. The van der Waals surface area contributed by atoms with Crippen LogP contribution in [-0.2, 0) is 11.2 Å². The molecular weight excluding hydrogens is 240 g/mol. The first-order valence-corrected chi connectivity index (χ1v) is 6.59. The Hall–Kier alpha value is -1.74. The quantitative estimate of drug-likeness (QED) is 0.798. The number of aliphatic hydroxyl groups excluding tert-OH is 1. The van der Waals surface area contributed by atoms with E-state index in [1.54, 1.807) is 25.3 Å². The van der Waals surface area contributed by atoms with E-state index in [1.165, 1.54) is 5.56 Å². The summed E-state index contributed by atoms with van der Waals surface area (Å²) in [6, 6.07) is 7.28. The first-order chi connectivity index (χ1) is 9.19. The second-order valence-corrected chi connectivity index (χ2v) is 4.84. The monoisotopic (exact) mass is 260 g/mol. The van der Waals surface area contributed by atoms with Crippen molar-refractivity contribution in [2.45, 2.75) is 25.4 Å². The van der Waals surface area contributed by atoms with E-state index in [9.17, 15) is 10.2 Å². The number of benzene rings is 1. The van der Waals surface area contributed by atoms with Crippen molar-refractivity contribution in [2.24, 2.45) is 5.92 Å². The molecule has 102 valence electrons. The fourth-order valence-electron chi connectivity index (χ4n) is 2.27. The van der Waals surface area contributed by atoms with Gasteiger partial charge in [0.25, 0.3) is 0 Å². The van der Waals surface area contributed by atoms with Crippen LogP contribution in [-0.4, -0.2) is 23.4 Å². The second-order valence-electron chi connectivity index (χ2n) is 4.84. The molecule has 2 rings (SSSR count). The van der Waals surface area contributed by atoms with Crippen LogP contribution in [0.5, 0.6) is 5.75 Å². The molecule has 2 unspecified atom stereocenters. The summed E-state index contributed by atoms with van der Waals surface area (Å²) < 4.78 is 5.15. The summed E-state index contributed by atoms with van der Waals surface area (Å²) in [5.74, 6) is 0.800. The van der Waals surface area contributed by atoms with E-state index in [1.807, 2.05) is 24.3 Å². The normalized spacial score (nSPS) is 22.3. The van der Waals surface area contributed by atoms with Crippen molar-refractivity contribution in [3.8, 4) is 5.75 Å². The highest BCUT2D eigenvalue weighted by Crippen LogP contribution is 2.23. The zero-order valence-electron chi connectivity index (χ0n) is 11.1. The highest BCUT2D eigenvalue weighted by Gasteiger charge is 2.16. The second kappa shape index (κ2) is 6.43. The fourth-order valence-corrected chi connectivity index (χ4v) is 2.27. The Balaban J connectivity index is 1.80. The Morgan fingerprint density at radius 1 is 1.11 bits per heavy atom. The van der Waals surface area contributed by atoms with E-state index in [2.05, 4.69) is 0 Å². The Morgan fingerprint density at radius 2 is 1.84 bits per heavy atom. The molecule has 0 amide bonds. The van der Waals surface area contributed by atoms with E-state index in [0.717, 1.165) is 19.3 Å². The predicted molar refractivity (Wildman–Crippen MR) is 75.2 cm³/mol. The average Bonchev–Trinajstić information content (AvgIpc) is 2.42. The van der Waals surface area contributed by atoms with Gasteiger partial charge < -0.3 is 14.9 Å². The molecule has 2 atom stereocenters. The number of allylic oxidation sites excluding steroid dienone is 1. The van der Waals surface area contributed by atoms with Crippen molar-refractivity contribution in [1.82, 2.24) is 0 Å². The Labute approximate surface area is 113 Å². The maximum absolute atomic E-state index is 9.90. The SMILES string of the molecule is COC1C=CC(CCCc2ccc(O)cc2)C(O)=C1. The third kappa shape index (κ3) is 3.86. The lowest BCUT2D eigenvalue weighted by molar-refractivity contribution is 0.167. The minimum atomic E-state index is -0.103. The molecule has 0 fully saturated rings. The molecule has 3 nitrogen and oxygen atoms in total. The summed E-state index contributed by atoms with van der Waals surface area (Å²) in [5, 5.41) is 19.1. The molecule has 1 aliphatic rings. The van der Waals surface area contributed by atoms with Crippen LogP contribution in [0, 0.1) is 5.92 Å². The van der Waals surface area contributed by atoms with Crippen LogP contribution in [0.2, 0.25) is 0 Å². The van der Waals surface area contributed by atoms with Gasteiger partial charge in [-0.3, -0.25) is 0 Å². The fraction of sp³-hybridized carbons (Fsp3) is 0.375. The summed E-state index contributed by atoms with van der Waals surface area (Å²) in [4.78, 5) is 0. The first kappa shape index (κ1) is 13.7. The van der Waals surface area contributed by atoms with E-state index >= 15 is 0 Å². The third-order valence-electron chi connectivity index (χ3n) is 3.44. The van der Waals surface area contributed by atoms with Gasteiger partial charge in [-0.2, -0.15) is 0 Å². The summed E-state index contributed by atoms with van der Waals surface area (Å²) in [7, 11) is 1.63. The largest absolute Gasteiger partial charge is 0.512 e. The van der Waals surface area contributed by atoms with Crippen LogP contribution in [0.1, 0.15) is 18.4 Å². The number of methoxy groups -OCH3 is 1. The van der Waals surface area contributed by atoms with Crippen molar-refractivity contribution in [1.29, 1.82) is 0 Å². The number of hydrogen-bond acceptors (Lipinski definition) is 3. The molecule has 0 bridgehead atoms. The Morgan fingerprint density at radius 3 is 2.47 bits per heavy atom. The topological polar surface area (TPSA) is 49.7 Å². The molecule has 0 heterocycles. The van der Waals surface area contributed by atoms with E-state index < -0.39 is 0 Å². The van der Waals surface area contributed by atoms with Gasteiger partial charge >= 0.3 is 0 Å². The first-order valence-electron chi connectivity index (χ1n) is 6.59. The van der Waals surface area contributed by atoms with Crippen molar-refractivity contribution < 1.29 is 14.9 Å². The number of aromatic hydroxyl groups is 1. The molecule has 19 heavy (non-hydrogen) atoms. The summed E-state index contributed by atoms with van der Waals surface area (Å²) in [5.41, 5.74) is 1.20. The van der Waals surface area contributed by atoms with Crippen molar-refractivity contribution in [2.75, 3.05) is 7.11 Å². The molecule has 1 aliphatic carbocycles. The zero-order valence-corrected chi connectivity index (χ0v) is 11.1. The summed E-state index contributed by atoms with van der Waals surface area (Å²) in [6.45, 7) is 0. The Bertz CT molecular complexity index is 459. The molecule has 0 saturated carbocycles. The molecule has 0 radical (unpaired) electrons. The lowest BCUT2D eigenvalue weighted by Gasteiger charge is -2.19. The van der Waals surface area contributed by atoms with Crippen LogP contribution >= 0.6 is 0 Å². The van der Waals surface area contributed by atoms with Crippen LogP contribution in [0.3, 0.4) is 0 Å². The van der Waals surface area contributed by atoms with Gasteiger partial charge in [-0.05, 0) is 43.0 Å². The van der Waals surface area contributed by atoms with Crippen molar-refractivity contribution >= 4 is 0 Å². The lowest BCUT2D eigenvalue weighted by atomic mass is 9.93. The maximum Gasteiger partial charge on any atom is 0.115 e. The number of rotatable bonds is 5. The van der Waals surface area contributed by atoms with Gasteiger partial charge in [0.2, 0.25) is 0 Å². The standard InChI is InChI=1S/C16H20O3/c1-19-15-10-7-13(16(18)11-15)4-2-3-12-5-8-14(17)9-6-12/h5-11,13,15,17-18H,2-4H2,1H3. The van der Waals surface area contributed by atoms with Gasteiger partial charge in [0.15, 0.2) is 0 Å². The molecule has 0 aromatic heterocycles. The molecule has 1 aromatic carbocycles. The number of phenols is 1. The highest BCUT2D eigenvalue weighted by molar-refractivity contribution is 5.26. The van der Waals surface area contributed by atoms with E-state index in [4.69, 9.17) is 4.74 Å². The van der Waals surface area contributed by atoms with E-state index in [0.29, 0.717) is 11.5 Å². The maximum atomic E-state index is 9.90. The number of ether oxygens (including phenoxy) is 1. The number of aliphatic hydroxyl groups is 1.